The Balaban J connectivity index is 2.34. The number of aryl methyl sites for hydroxylation is 1. The zero-order valence-corrected chi connectivity index (χ0v) is 10.7. The van der Waals surface area contributed by atoms with Crippen LogP contribution in [0.3, 0.4) is 0 Å². The minimum Gasteiger partial charge on any atom is -0.481 e. The number of thiazole rings is 1. The Morgan fingerprint density at radius 1 is 1.50 bits per heavy atom. The molecule has 0 unspecified atom stereocenters. The fourth-order valence-corrected chi connectivity index (χ4v) is 3.25. The van der Waals surface area contributed by atoms with Crippen molar-refractivity contribution in [1.29, 1.82) is 0 Å². The van der Waals surface area contributed by atoms with Crippen LogP contribution in [0.2, 0.25) is 0 Å². The molecule has 0 radical (unpaired) electrons. The lowest BCUT2D eigenvalue weighted by molar-refractivity contribution is -0.142. The van der Waals surface area contributed by atoms with Gasteiger partial charge in [0.25, 0.3) is 0 Å². The topological polar surface area (TPSA) is 50.2 Å². The fourth-order valence-electron chi connectivity index (χ4n) is 1.92. The van der Waals surface area contributed by atoms with Crippen LogP contribution >= 0.6 is 11.3 Å². The second kappa shape index (κ2) is 3.84. The molecule has 0 spiro atoms. The molecule has 1 aromatic rings. The van der Waals surface area contributed by atoms with E-state index in [9.17, 15) is 9.90 Å². The Hall–Kier alpha value is -0.900. The molecule has 1 aromatic heterocycles. The van der Waals surface area contributed by atoms with Gasteiger partial charge in [-0.3, -0.25) is 4.79 Å². The molecule has 0 aromatic carbocycles. The van der Waals surface area contributed by atoms with E-state index in [4.69, 9.17) is 0 Å². The van der Waals surface area contributed by atoms with Gasteiger partial charge in [0, 0.05) is 10.8 Å². The van der Waals surface area contributed by atoms with Gasteiger partial charge < -0.3 is 5.11 Å². The third-order valence-electron chi connectivity index (χ3n) is 3.37. The van der Waals surface area contributed by atoms with E-state index in [2.05, 4.69) is 4.98 Å². The van der Waals surface area contributed by atoms with Gasteiger partial charge in [-0.25, -0.2) is 4.98 Å². The maximum Gasteiger partial charge on any atom is 0.314 e. The highest BCUT2D eigenvalue weighted by Crippen LogP contribution is 2.41. The van der Waals surface area contributed by atoms with Crippen LogP contribution in [0.5, 0.6) is 0 Å². The Bertz CT molecular complexity index is 419. The molecule has 0 aliphatic heterocycles. The molecule has 1 saturated carbocycles. The van der Waals surface area contributed by atoms with E-state index in [0.29, 0.717) is 5.92 Å². The van der Waals surface area contributed by atoms with Crippen molar-refractivity contribution in [2.24, 2.45) is 0 Å². The van der Waals surface area contributed by atoms with Gasteiger partial charge in [-0.2, -0.15) is 0 Å². The first-order valence-corrected chi connectivity index (χ1v) is 6.45. The predicted molar refractivity (Wildman–Crippen MR) is 64.1 cm³/mol. The molecule has 0 bridgehead atoms. The smallest absolute Gasteiger partial charge is 0.314 e. The number of aliphatic carboxylic acids is 1. The van der Waals surface area contributed by atoms with Crippen molar-refractivity contribution in [1.82, 2.24) is 4.98 Å². The van der Waals surface area contributed by atoms with Crippen molar-refractivity contribution in [3.05, 3.63) is 15.6 Å². The fraction of sp³-hybridized carbons (Fsp3) is 0.667. The zero-order chi connectivity index (χ0) is 11.9. The van der Waals surface area contributed by atoms with E-state index in [0.717, 1.165) is 15.6 Å². The number of carboxylic acids is 1. The molecule has 1 fully saturated rings. The largest absolute Gasteiger partial charge is 0.481 e. The Morgan fingerprint density at radius 3 is 2.56 bits per heavy atom. The molecule has 1 aliphatic carbocycles. The molecule has 1 aliphatic rings. The van der Waals surface area contributed by atoms with Gasteiger partial charge in [0.05, 0.1) is 16.1 Å². The maximum absolute atomic E-state index is 11.2. The number of hydrogen-bond acceptors (Lipinski definition) is 3. The van der Waals surface area contributed by atoms with E-state index < -0.39 is 11.4 Å². The molecule has 0 saturated heterocycles. The number of carbonyl (C=O) groups is 1. The average molecular weight is 239 g/mol. The van der Waals surface area contributed by atoms with Gasteiger partial charge in [-0.15, -0.1) is 11.3 Å². The van der Waals surface area contributed by atoms with Gasteiger partial charge in [0.1, 0.15) is 0 Å². The van der Waals surface area contributed by atoms with Gasteiger partial charge in [-0.1, -0.05) is 6.42 Å². The normalized spacial score (nSPS) is 17.2. The second-order valence-electron chi connectivity index (χ2n) is 5.02. The first-order valence-electron chi connectivity index (χ1n) is 5.64. The number of carboxylic acid groups (broad SMARTS) is 1. The molecule has 0 amide bonds. The highest BCUT2D eigenvalue weighted by atomic mass is 32.1. The number of rotatable bonds is 3. The van der Waals surface area contributed by atoms with E-state index in [1.165, 1.54) is 19.3 Å². The Morgan fingerprint density at radius 2 is 2.12 bits per heavy atom. The van der Waals surface area contributed by atoms with Crippen molar-refractivity contribution in [3.8, 4) is 0 Å². The first-order chi connectivity index (χ1) is 7.43. The summed E-state index contributed by atoms with van der Waals surface area (Å²) in [5.74, 6) is -0.193. The van der Waals surface area contributed by atoms with Crippen LogP contribution in [0, 0.1) is 6.92 Å². The molecule has 4 heteroatoms. The second-order valence-corrected chi connectivity index (χ2v) is 6.06. The highest BCUT2D eigenvalue weighted by molar-refractivity contribution is 7.12. The van der Waals surface area contributed by atoms with Gasteiger partial charge in [0.2, 0.25) is 0 Å². The van der Waals surface area contributed by atoms with Crippen molar-refractivity contribution in [3.63, 3.8) is 0 Å². The van der Waals surface area contributed by atoms with Gasteiger partial charge in [-0.05, 0) is 33.6 Å². The van der Waals surface area contributed by atoms with Gasteiger partial charge >= 0.3 is 5.97 Å². The lowest BCUT2D eigenvalue weighted by Gasteiger charge is -2.22. The van der Waals surface area contributed by atoms with Crippen LogP contribution < -0.4 is 0 Å². The Kier molecular flexibility index (Phi) is 2.78. The van der Waals surface area contributed by atoms with E-state index >= 15 is 0 Å². The third-order valence-corrected chi connectivity index (χ3v) is 5.01. The summed E-state index contributed by atoms with van der Waals surface area (Å²) in [5, 5.41) is 10.3. The summed E-state index contributed by atoms with van der Waals surface area (Å²) >= 11 is 1.59. The summed E-state index contributed by atoms with van der Waals surface area (Å²) in [7, 11) is 0. The van der Waals surface area contributed by atoms with Crippen LogP contribution in [0.4, 0.5) is 0 Å². The zero-order valence-electron chi connectivity index (χ0n) is 9.91. The average Bonchev–Trinajstić information content (AvgIpc) is 2.44. The van der Waals surface area contributed by atoms with Crippen LogP contribution in [-0.4, -0.2) is 16.1 Å². The molecule has 3 nitrogen and oxygen atoms in total. The quantitative estimate of drug-likeness (QED) is 0.881. The van der Waals surface area contributed by atoms with Crippen molar-refractivity contribution >= 4 is 17.3 Å². The summed E-state index contributed by atoms with van der Waals surface area (Å²) < 4.78 is 0. The minimum atomic E-state index is -0.816. The van der Waals surface area contributed by atoms with E-state index in [1.54, 1.807) is 25.2 Å². The lowest BCUT2D eigenvalue weighted by atomic mass is 9.86. The summed E-state index contributed by atoms with van der Waals surface area (Å²) in [6.45, 7) is 5.42. The van der Waals surface area contributed by atoms with Crippen molar-refractivity contribution in [2.45, 2.75) is 51.4 Å². The predicted octanol–water partition coefficient (Wildman–Crippen LogP) is 3.08. The standard InChI is InChI=1S/C12H17NO2S/c1-7-9(12(2,3)11(14)15)16-10(13-7)8-5-4-6-8/h8H,4-6H2,1-3H3,(H,14,15). The van der Waals surface area contributed by atoms with Gasteiger partial charge in [0.15, 0.2) is 0 Å². The minimum absolute atomic E-state index is 0.585. The molecule has 16 heavy (non-hydrogen) atoms. The molecule has 1 N–H and O–H groups in total. The van der Waals surface area contributed by atoms with Crippen LogP contribution in [0.1, 0.15) is 54.6 Å². The molecular formula is C12H17NO2S. The molecule has 2 rings (SSSR count). The molecule has 88 valence electrons. The van der Waals surface area contributed by atoms with Crippen LogP contribution in [0.15, 0.2) is 0 Å². The summed E-state index contributed by atoms with van der Waals surface area (Å²) in [4.78, 5) is 16.7. The number of nitrogens with zero attached hydrogens (tertiary/aromatic N) is 1. The lowest BCUT2D eigenvalue weighted by Crippen LogP contribution is -2.28. The van der Waals surface area contributed by atoms with E-state index in [1.807, 2.05) is 6.92 Å². The van der Waals surface area contributed by atoms with Crippen LogP contribution in [0.25, 0.3) is 0 Å². The van der Waals surface area contributed by atoms with Crippen molar-refractivity contribution < 1.29 is 9.90 Å². The number of hydrogen-bond donors (Lipinski definition) is 1. The highest BCUT2D eigenvalue weighted by Gasteiger charge is 2.35. The maximum atomic E-state index is 11.2. The van der Waals surface area contributed by atoms with Crippen molar-refractivity contribution in [2.75, 3.05) is 0 Å². The summed E-state index contributed by atoms with van der Waals surface area (Å²) in [6.07, 6.45) is 3.70. The molecule has 0 atom stereocenters. The Labute approximate surface area is 99.5 Å². The molecular weight excluding hydrogens is 222 g/mol. The monoisotopic (exact) mass is 239 g/mol. The SMILES string of the molecule is Cc1nc(C2CCC2)sc1C(C)(C)C(=O)O. The van der Waals surface area contributed by atoms with Crippen LogP contribution in [-0.2, 0) is 10.2 Å². The summed E-state index contributed by atoms with van der Waals surface area (Å²) in [5.41, 5.74) is 0.0725. The third kappa shape index (κ3) is 1.75. The number of aromatic nitrogens is 1. The first kappa shape index (κ1) is 11.6. The summed E-state index contributed by atoms with van der Waals surface area (Å²) in [6, 6.07) is 0. The van der Waals surface area contributed by atoms with E-state index in [-0.39, 0.29) is 0 Å². The molecule has 1 heterocycles.